The third kappa shape index (κ3) is 3.60. The Labute approximate surface area is 146 Å². The maximum absolute atomic E-state index is 11.9. The van der Waals surface area contributed by atoms with Gasteiger partial charge in [-0.1, -0.05) is 32.0 Å². The Morgan fingerprint density at radius 2 is 1.92 bits per heavy atom. The Hall–Kier alpha value is -1.51. The molecule has 0 radical (unpaired) electrons. The number of hydrogen-bond acceptors (Lipinski definition) is 3. The molecule has 0 atom stereocenters. The molecule has 132 valence electrons. The number of esters is 1. The van der Waals surface area contributed by atoms with Gasteiger partial charge in [0.2, 0.25) is 0 Å². The Kier molecular flexibility index (Phi) is 5.17. The Balaban J connectivity index is 1.51. The summed E-state index contributed by atoms with van der Waals surface area (Å²) in [6.07, 6.45) is 6.87. The summed E-state index contributed by atoms with van der Waals surface area (Å²) < 4.78 is 5.19. The van der Waals surface area contributed by atoms with E-state index < -0.39 is 0 Å². The molecule has 0 unspecified atom stereocenters. The standard InChI is InChI=1S/C21H31NO2/c1-4-24-20(23)16-9-11-21(12-10-16)13-17(14-21)22-19-8-6-5-7-18(19)15(2)3/h5-8,15-17,22H,4,9-14H2,1-3H3. The van der Waals surface area contributed by atoms with Gasteiger partial charge < -0.3 is 10.1 Å². The molecule has 2 fully saturated rings. The average Bonchev–Trinajstić information content (AvgIpc) is 2.54. The van der Waals surface area contributed by atoms with Crippen LogP contribution in [0, 0.1) is 11.3 Å². The van der Waals surface area contributed by atoms with Crippen molar-refractivity contribution in [2.75, 3.05) is 11.9 Å². The van der Waals surface area contributed by atoms with E-state index in [2.05, 4.69) is 43.4 Å². The van der Waals surface area contributed by atoms with Crippen LogP contribution in [0.2, 0.25) is 0 Å². The molecule has 2 aliphatic carbocycles. The molecule has 24 heavy (non-hydrogen) atoms. The largest absolute Gasteiger partial charge is 0.466 e. The lowest BCUT2D eigenvalue weighted by atomic mass is 9.57. The molecule has 1 N–H and O–H groups in total. The van der Waals surface area contributed by atoms with E-state index in [-0.39, 0.29) is 11.9 Å². The van der Waals surface area contributed by atoms with E-state index in [1.54, 1.807) is 0 Å². The number of carbonyl (C=O) groups excluding carboxylic acids is 1. The van der Waals surface area contributed by atoms with Crippen LogP contribution in [-0.4, -0.2) is 18.6 Å². The predicted molar refractivity (Wildman–Crippen MR) is 98.2 cm³/mol. The van der Waals surface area contributed by atoms with E-state index in [9.17, 15) is 4.79 Å². The van der Waals surface area contributed by atoms with Gasteiger partial charge in [-0.3, -0.25) is 4.79 Å². The van der Waals surface area contributed by atoms with Crippen LogP contribution in [-0.2, 0) is 9.53 Å². The topological polar surface area (TPSA) is 38.3 Å². The number of ether oxygens (including phenoxy) is 1. The lowest BCUT2D eigenvalue weighted by Gasteiger charge is -2.52. The highest BCUT2D eigenvalue weighted by Crippen LogP contribution is 2.53. The minimum absolute atomic E-state index is 0.0206. The first-order chi connectivity index (χ1) is 11.5. The monoisotopic (exact) mass is 329 g/mol. The van der Waals surface area contributed by atoms with E-state index in [1.165, 1.54) is 36.9 Å². The predicted octanol–water partition coefficient (Wildman–Crippen LogP) is 5.12. The van der Waals surface area contributed by atoms with Gasteiger partial charge in [-0.25, -0.2) is 0 Å². The molecule has 0 heterocycles. The fourth-order valence-corrected chi connectivity index (χ4v) is 4.57. The number of hydrogen-bond donors (Lipinski definition) is 1. The van der Waals surface area contributed by atoms with E-state index in [0.29, 0.717) is 24.0 Å². The summed E-state index contributed by atoms with van der Waals surface area (Å²) in [6, 6.07) is 9.26. The van der Waals surface area contributed by atoms with Crippen LogP contribution in [0.15, 0.2) is 24.3 Å². The molecule has 0 bridgehead atoms. The molecule has 2 aliphatic rings. The molecule has 1 aromatic rings. The highest BCUT2D eigenvalue weighted by atomic mass is 16.5. The highest BCUT2D eigenvalue weighted by Gasteiger charge is 2.47. The minimum atomic E-state index is 0.0206. The second kappa shape index (κ2) is 7.16. The van der Waals surface area contributed by atoms with Crippen LogP contribution in [0.25, 0.3) is 0 Å². The molecule has 0 amide bonds. The first-order valence-electron chi connectivity index (χ1n) is 9.55. The molecule has 0 saturated heterocycles. The normalized spacial score (nSPS) is 29.3. The quantitative estimate of drug-likeness (QED) is 0.762. The summed E-state index contributed by atoms with van der Waals surface area (Å²) >= 11 is 0. The Morgan fingerprint density at radius 3 is 2.54 bits per heavy atom. The third-order valence-electron chi connectivity index (χ3n) is 5.97. The third-order valence-corrected chi connectivity index (χ3v) is 5.97. The average molecular weight is 329 g/mol. The van der Waals surface area contributed by atoms with Crippen LogP contribution in [0.5, 0.6) is 0 Å². The van der Waals surface area contributed by atoms with E-state index in [4.69, 9.17) is 4.74 Å². The van der Waals surface area contributed by atoms with Crippen molar-refractivity contribution in [3.05, 3.63) is 29.8 Å². The first kappa shape index (κ1) is 17.3. The Bertz CT molecular complexity index is 565. The molecular formula is C21H31NO2. The molecule has 3 rings (SSSR count). The Morgan fingerprint density at radius 1 is 1.25 bits per heavy atom. The van der Waals surface area contributed by atoms with Crippen LogP contribution in [0.3, 0.4) is 0 Å². The van der Waals surface area contributed by atoms with Crippen molar-refractivity contribution in [1.29, 1.82) is 0 Å². The van der Waals surface area contributed by atoms with Crippen LogP contribution >= 0.6 is 0 Å². The second-order valence-corrected chi connectivity index (χ2v) is 8.02. The van der Waals surface area contributed by atoms with Gasteiger partial charge in [0, 0.05) is 11.7 Å². The first-order valence-corrected chi connectivity index (χ1v) is 9.55. The number of anilines is 1. The summed E-state index contributed by atoms with van der Waals surface area (Å²) in [7, 11) is 0. The lowest BCUT2D eigenvalue weighted by molar-refractivity contribution is -0.150. The van der Waals surface area contributed by atoms with Crippen molar-refractivity contribution >= 4 is 11.7 Å². The number of carbonyl (C=O) groups is 1. The van der Waals surface area contributed by atoms with Crippen molar-refractivity contribution in [2.45, 2.75) is 71.3 Å². The maximum atomic E-state index is 11.9. The van der Waals surface area contributed by atoms with Gasteiger partial charge in [0.15, 0.2) is 0 Å². The second-order valence-electron chi connectivity index (χ2n) is 8.02. The van der Waals surface area contributed by atoms with Gasteiger partial charge in [-0.05, 0) is 68.4 Å². The SMILES string of the molecule is CCOC(=O)C1CCC2(CC1)CC(Nc1ccccc1C(C)C)C2. The van der Waals surface area contributed by atoms with Crippen molar-refractivity contribution in [1.82, 2.24) is 0 Å². The van der Waals surface area contributed by atoms with Crippen molar-refractivity contribution in [2.24, 2.45) is 11.3 Å². The fraction of sp³-hybridized carbons (Fsp3) is 0.667. The number of benzene rings is 1. The summed E-state index contributed by atoms with van der Waals surface area (Å²) in [5.41, 5.74) is 3.19. The van der Waals surface area contributed by atoms with Crippen LogP contribution in [0.4, 0.5) is 5.69 Å². The lowest BCUT2D eigenvalue weighted by Crippen LogP contribution is -2.47. The molecular weight excluding hydrogens is 298 g/mol. The molecule has 1 spiro atoms. The molecule has 2 saturated carbocycles. The molecule has 3 heteroatoms. The van der Waals surface area contributed by atoms with Gasteiger partial charge in [0.1, 0.15) is 0 Å². The maximum Gasteiger partial charge on any atom is 0.308 e. The van der Waals surface area contributed by atoms with E-state index in [0.717, 1.165) is 12.8 Å². The van der Waals surface area contributed by atoms with E-state index >= 15 is 0 Å². The van der Waals surface area contributed by atoms with E-state index in [1.807, 2.05) is 6.92 Å². The van der Waals surface area contributed by atoms with Crippen LogP contribution < -0.4 is 5.32 Å². The minimum Gasteiger partial charge on any atom is -0.466 e. The summed E-state index contributed by atoms with van der Waals surface area (Å²) in [4.78, 5) is 11.9. The van der Waals surface area contributed by atoms with Gasteiger partial charge in [-0.2, -0.15) is 0 Å². The highest BCUT2D eigenvalue weighted by molar-refractivity contribution is 5.72. The van der Waals surface area contributed by atoms with Gasteiger partial charge in [0.25, 0.3) is 0 Å². The van der Waals surface area contributed by atoms with Gasteiger partial charge in [-0.15, -0.1) is 0 Å². The molecule has 0 aromatic heterocycles. The summed E-state index contributed by atoms with van der Waals surface area (Å²) in [5.74, 6) is 0.708. The molecule has 0 aliphatic heterocycles. The van der Waals surface area contributed by atoms with Crippen molar-refractivity contribution in [3.8, 4) is 0 Å². The fourth-order valence-electron chi connectivity index (χ4n) is 4.57. The summed E-state index contributed by atoms with van der Waals surface area (Å²) in [5, 5.41) is 3.76. The van der Waals surface area contributed by atoms with Gasteiger partial charge >= 0.3 is 5.97 Å². The van der Waals surface area contributed by atoms with Crippen molar-refractivity contribution in [3.63, 3.8) is 0 Å². The molecule has 1 aromatic carbocycles. The van der Waals surface area contributed by atoms with Crippen molar-refractivity contribution < 1.29 is 9.53 Å². The van der Waals surface area contributed by atoms with Crippen LogP contribution in [0.1, 0.15) is 70.8 Å². The summed E-state index contributed by atoms with van der Waals surface area (Å²) in [6.45, 7) is 6.89. The smallest absolute Gasteiger partial charge is 0.308 e. The zero-order chi connectivity index (χ0) is 17.2. The zero-order valence-electron chi connectivity index (χ0n) is 15.3. The number of nitrogens with one attached hydrogen (secondary N) is 1. The number of para-hydroxylation sites is 1. The zero-order valence-corrected chi connectivity index (χ0v) is 15.3. The number of rotatable bonds is 5. The van der Waals surface area contributed by atoms with Gasteiger partial charge in [0.05, 0.1) is 12.5 Å². The molecule has 3 nitrogen and oxygen atoms in total.